The first-order chi connectivity index (χ1) is 16.2. The largest absolute Gasteiger partial charge is 0.507 e. The minimum Gasteiger partial charge on any atom is -0.507 e. The van der Waals surface area contributed by atoms with E-state index in [1.165, 1.54) is 21.8 Å². The monoisotopic (exact) mass is 425 g/mol. The normalized spacial score (nSPS) is 11.3. The standard InChI is InChI=1S/C31H23NO/c1-21-9-2-3-12-25(21)28-20-23(17-18-31(28)33)22-10-8-11-24(19-22)32-29-15-6-4-13-26(29)27-14-5-7-16-30(27)32/h2-20,33H,1H3. The van der Waals surface area contributed by atoms with E-state index in [1.807, 2.05) is 18.2 Å². The summed E-state index contributed by atoms with van der Waals surface area (Å²) in [5.41, 5.74) is 8.75. The number of fused-ring (bicyclic) bond motifs is 3. The predicted octanol–water partition coefficient (Wildman–Crippen LogP) is 8.13. The molecule has 0 aliphatic heterocycles. The van der Waals surface area contributed by atoms with Crippen molar-refractivity contribution in [2.45, 2.75) is 6.92 Å². The Hall–Kier alpha value is -4.30. The second kappa shape index (κ2) is 7.68. The molecule has 158 valence electrons. The van der Waals surface area contributed by atoms with Gasteiger partial charge < -0.3 is 9.67 Å². The summed E-state index contributed by atoms with van der Waals surface area (Å²) in [5.74, 6) is 0.298. The van der Waals surface area contributed by atoms with Crippen molar-refractivity contribution < 1.29 is 5.11 Å². The second-order valence-corrected chi connectivity index (χ2v) is 8.47. The van der Waals surface area contributed by atoms with Crippen molar-refractivity contribution >= 4 is 21.8 Å². The van der Waals surface area contributed by atoms with Gasteiger partial charge in [0, 0.05) is 22.0 Å². The van der Waals surface area contributed by atoms with Crippen LogP contribution in [-0.4, -0.2) is 9.67 Å². The number of phenols is 1. The number of hydrogen-bond acceptors (Lipinski definition) is 1. The summed E-state index contributed by atoms with van der Waals surface area (Å²) in [5, 5.41) is 13.1. The molecule has 0 radical (unpaired) electrons. The van der Waals surface area contributed by atoms with Gasteiger partial charge in [-0.25, -0.2) is 0 Å². The SMILES string of the molecule is Cc1ccccc1-c1cc(-c2cccc(-n3c4ccccc4c4ccccc43)c2)ccc1O. The molecule has 0 saturated heterocycles. The van der Waals surface area contributed by atoms with Crippen LogP contribution < -0.4 is 0 Å². The van der Waals surface area contributed by atoms with E-state index >= 15 is 0 Å². The van der Waals surface area contributed by atoms with Gasteiger partial charge in [-0.15, -0.1) is 0 Å². The van der Waals surface area contributed by atoms with E-state index in [0.29, 0.717) is 5.75 Å². The third kappa shape index (κ3) is 3.19. The Labute approximate surface area is 193 Å². The average molecular weight is 426 g/mol. The topological polar surface area (TPSA) is 25.2 Å². The number of aryl methyl sites for hydroxylation is 1. The number of aromatic nitrogens is 1. The lowest BCUT2D eigenvalue weighted by Gasteiger charge is -2.13. The van der Waals surface area contributed by atoms with Crippen LogP contribution in [0.15, 0.2) is 115 Å². The number of hydrogen-bond donors (Lipinski definition) is 1. The zero-order chi connectivity index (χ0) is 22.4. The first kappa shape index (κ1) is 19.4. The van der Waals surface area contributed by atoms with Gasteiger partial charge in [0.2, 0.25) is 0 Å². The summed E-state index contributed by atoms with van der Waals surface area (Å²) < 4.78 is 2.33. The maximum Gasteiger partial charge on any atom is 0.123 e. The molecule has 2 heteroatoms. The highest BCUT2D eigenvalue weighted by molar-refractivity contribution is 6.09. The lowest BCUT2D eigenvalue weighted by atomic mass is 9.95. The maximum atomic E-state index is 10.6. The molecule has 1 heterocycles. The molecule has 0 aliphatic carbocycles. The lowest BCUT2D eigenvalue weighted by molar-refractivity contribution is 0.477. The van der Waals surface area contributed by atoms with Crippen LogP contribution in [0.3, 0.4) is 0 Å². The highest BCUT2D eigenvalue weighted by atomic mass is 16.3. The zero-order valence-electron chi connectivity index (χ0n) is 18.4. The number of nitrogens with zero attached hydrogens (tertiary/aromatic N) is 1. The molecule has 0 saturated carbocycles. The Bertz CT molecular complexity index is 1590. The van der Waals surface area contributed by atoms with E-state index in [2.05, 4.69) is 102 Å². The van der Waals surface area contributed by atoms with Gasteiger partial charge in [-0.2, -0.15) is 0 Å². The van der Waals surface area contributed by atoms with Crippen LogP contribution in [0.5, 0.6) is 5.75 Å². The van der Waals surface area contributed by atoms with Crippen molar-refractivity contribution in [3.63, 3.8) is 0 Å². The zero-order valence-corrected chi connectivity index (χ0v) is 18.4. The highest BCUT2D eigenvalue weighted by Crippen LogP contribution is 2.37. The number of rotatable bonds is 3. The summed E-state index contributed by atoms with van der Waals surface area (Å²) in [6.07, 6.45) is 0. The first-order valence-corrected chi connectivity index (χ1v) is 11.2. The van der Waals surface area contributed by atoms with E-state index < -0.39 is 0 Å². The summed E-state index contributed by atoms with van der Waals surface area (Å²) >= 11 is 0. The molecule has 0 fully saturated rings. The Morgan fingerprint density at radius 1 is 0.545 bits per heavy atom. The van der Waals surface area contributed by atoms with Crippen LogP contribution in [0.2, 0.25) is 0 Å². The molecule has 0 bridgehead atoms. The summed E-state index contributed by atoms with van der Waals surface area (Å²) in [7, 11) is 0. The van der Waals surface area contributed by atoms with Gasteiger partial charge in [0.1, 0.15) is 5.75 Å². The first-order valence-electron chi connectivity index (χ1n) is 11.2. The van der Waals surface area contributed by atoms with E-state index in [-0.39, 0.29) is 0 Å². The second-order valence-electron chi connectivity index (χ2n) is 8.47. The molecule has 0 aliphatic rings. The molecule has 1 N–H and O–H groups in total. The van der Waals surface area contributed by atoms with E-state index in [1.54, 1.807) is 6.07 Å². The van der Waals surface area contributed by atoms with Crippen LogP contribution in [0.25, 0.3) is 49.7 Å². The fourth-order valence-electron chi connectivity index (χ4n) is 4.83. The molecule has 0 spiro atoms. The van der Waals surface area contributed by atoms with Crippen LogP contribution >= 0.6 is 0 Å². The van der Waals surface area contributed by atoms with Gasteiger partial charge >= 0.3 is 0 Å². The average Bonchev–Trinajstić information content (AvgIpc) is 3.19. The molecular weight excluding hydrogens is 402 g/mol. The Kier molecular flexibility index (Phi) is 4.51. The van der Waals surface area contributed by atoms with Crippen molar-refractivity contribution in [2.24, 2.45) is 0 Å². The minimum absolute atomic E-state index is 0.298. The molecule has 33 heavy (non-hydrogen) atoms. The third-order valence-corrected chi connectivity index (χ3v) is 6.45. The van der Waals surface area contributed by atoms with Crippen molar-refractivity contribution in [1.29, 1.82) is 0 Å². The maximum absolute atomic E-state index is 10.6. The van der Waals surface area contributed by atoms with Gasteiger partial charge in [0.15, 0.2) is 0 Å². The molecule has 6 aromatic rings. The van der Waals surface area contributed by atoms with Crippen LogP contribution in [-0.2, 0) is 0 Å². The molecule has 0 amide bonds. The fraction of sp³-hybridized carbons (Fsp3) is 0.0323. The van der Waals surface area contributed by atoms with E-state index in [0.717, 1.165) is 33.5 Å². The van der Waals surface area contributed by atoms with Gasteiger partial charge in [-0.3, -0.25) is 0 Å². The third-order valence-electron chi connectivity index (χ3n) is 6.45. The summed E-state index contributed by atoms with van der Waals surface area (Å²) in [4.78, 5) is 0. The minimum atomic E-state index is 0.298. The van der Waals surface area contributed by atoms with Gasteiger partial charge in [0.05, 0.1) is 11.0 Å². The van der Waals surface area contributed by atoms with Crippen LogP contribution in [0.1, 0.15) is 5.56 Å². The molecule has 0 unspecified atom stereocenters. The molecule has 6 rings (SSSR count). The Balaban J connectivity index is 1.54. The molecule has 0 atom stereocenters. The van der Waals surface area contributed by atoms with Gasteiger partial charge in [-0.05, 0) is 65.6 Å². The quantitative estimate of drug-likeness (QED) is 0.304. The number of para-hydroxylation sites is 2. The number of benzene rings is 5. The molecular formula is C31H23NO. The number of phenolic OH excluding ortho intramolecular Hbond substituents is 1. The Morgan fingerprint density at radius 3 is 1.91 bits per heavy atom. The molecule has 1 aromatic heterocycles. The molecule has 2 nitrogen and oxygen atoms in total. The Morgan fingerprint density at radius 2 is 1.18 bits per heavy atom. The predicted molar refractivity (Wildman–Crippen MR) is 138 cm³/mol. The fourth-order valence-corrected chi connectivity index (χ4v) is 4.83. The summed E-state index contributed by atoms with van der Waals surface area (Å²) in [6, 6.07) is 39.8. The lowest BCUT2D eigenvalue weighted by Crippen LogP contribution is -1.94. The highest BCUT2D eigenvalue weighted by Gasteiger charge is 2.13. The van der Waals surface area contributed by atoms with Gasteiger partial charge in [-0.1, -0.05) is 78.9 Å². The van der Waals surface area contributed by atoms with E-state index in [4.69, 9.17) is 0 Å². The van der Waals surface area contributed by atoms with Gasteiger partial charge in [0.25, 0.3) is 0 Å². The van der Waals surface area contributed by atoms with Crippen molar-refractivity contribution in [3.8, 4) is 33.7 Å². The molecule has 5 aromatic carbocycles. The van der Waals surface area contributed by atoms with E-state index in [9.17, 15) is 5.11 Å². The smallest absolute Gasteiger partial charge is 0.123 e. The van der Waals surface area contributed by atoms with Crippen LogP contribution in [0, 0.1) is 6.92 Å². The summed E-state index contributed by atoms with van der Waals surface area (Å²) in [6.45, 7) is 2.07. The van der Waals surface area contributed by atoms with Crippen molar-refractivity contribution in [3.05, 3.63) is 121 Å². The van der Waals surface area contributed by atoms with Crippen LogP contribution in [0.4, 0.5) is 0 Å². The van der Waals surface area contributed by atoms with Crippen molar-refractivity contribution in [1.82, 2.24) is 4.57 Å². The number of aromatic hydroxyl groups is 1. The van der Waals surface area contributed by atoms with Crippen molar-refractivity contribution in [2.75, 3.05) is 0 Å².